The van der Waals surface area contributed by atoms with Gasteiger partial charge in [0.25, 0.3) is 5.69 Å². The molecule has 0 bridgehead atoms. The number of amides is 1. The normalized spacial score (nSPS) is 14.4. The second-order valence-electron chi connectivity index (χ2n) is 8.62. The summed E-state index contributed by atoms with van der Waals surface area (Å²) in [6.07, 6.45) is 0. The number of carbonyl (C=O) groups is 1. The molecule has 1 unspecified atom stereocenters. The molecular weight excluding hydrogens is 488 g/mol. The molecule has 192 valence electrons. The Morgan fingerprint density at radius 3 is 2.50 bits per heavy atom. The standard InChI is InChI=1S/C27H24N6O5/c1-16-23(25(28)34)24(19-10-13-21(22(14-19)37-2)38-15-17-6-4-3-5-7-17)32-27(29-16)30-26(31-32)18-8-11-20(12-9-18)33(35)36/h3-14,24H,15H2,1-2H3,(H2,28,34)(H,29,30,31). The highest BCUT2D eigenvalue weighted by Gasteiger charge is 2.34. The minimum absolute atomic E-state index is 0.0380. The van der Waals surface area contributed by atoms with E-state index in [1.54, 1.807) is 43.0 Å². The molecule has 3 aromatic carbocycles. The fourth-order valence-electron chi connectivity index (χ4n) is 4.34. The van der Waals surface area contributed by atoms with E-state index in [1.807, 2.05) is 36.4 Å². The quantitative estimate of drug-likeness (QED) is 0.263. The number of carbonyl (C=O) groups excluding carboxylic acids is 1. The van der Waals surface area contributed by atoms with Crippen LogP contribution in [0.4, 0.5) is 11.6 Å². The Kier molecular flexibility index (Phi) is 6.48. The molecule has 1 aromatic heterocycles. The van der Waals surface area contributed by atoms with Crippen molar-refractivity contribution in [2.24, 2.45) is 5.73 Å². The van der Waals surface area contributed by atoms with Crippen LogP contribution in [0.3, 0.4) is 0 Å². The van der Waals surface area contributed by atoms with E-state index >= 15 is 0 Å². The summed E-state index contributed by atoms with van der Waals surface area (Å²) in [5.41, 5.74) is 8.90. The molecule has 11 nitrogen and oxygen atoms in total. The van der Waals surface area contributed by atoms with Crippen LogP contribution in [0.15, 0.2) is 84.1 Å². The molecular formula is C27H24N6O5. The number of nitro benzene ring substituents is 1. The lowest BCUT2D eigenvalue weighted by atomic mass is 9.95. The van der Waals surface area contributed by atoms with Gasteiger partial charge in [0.05, 0.1) is 17.6 Å². The number of rotatable bonds is 8. The minimum Gasteiger partial charge on any atom is -0.493 e. The van der Waals surface area contributed by atoms with E-state index < -0.39 is 16.9 Å². The van der Waals surface area contributed by atoms with E-state index in [-0.39, 0.29) is 5.69 Å². The van der Waals surface area contributed by atoms with Gasteiger partial charge in [-0.2, -0.15) is 4.98 Å². The molecule has 5 rings (SSSR count). The van der Waals surface area contributed by atoms with Gasteiger partial charge in [0.2, 0.25) is 11.9 Å². The van der Waals surface area contributed by atoms with Crippen LogP contribution < -0.4 is 20.5 Å². The van der Waals surface area contributed by atoms with Crippen LogP contribution in [0.5, 0.6) is 11.5 Å². The predicted octanol–water partition coefficient (Wildman–Crippen LogP) is 4.22. The second kappa shape index (κ2) is 10.1. The highest BCUT2D eigenvalue weighted by atomic mass is 16.6. The van der Waals surface area contributed by atoms with Crippen molar-refractivity contribution in [2.75, 3.05) is 12.4 Å². The molecule has 4 aromatic rings. The molecule has 0 fully saturated rings. The summed E-state index contributed by atoms with van der Waals surface area (Å²) in [6.45, 7) is 2.10. The maximum absolute atomic E-state index is 12.6. The lowest BCUT2D eigenvalue weighted by Gasteiger charge is -2.28. The van der Waals surface area contributed by atoms with Gasteiger partial charge in [0.1, 0.15) is 12.6 Å². The molecule has 0 spiro atoms. The number of benzene rings is 3. The second-order valence-corrected chi connectivity index (χ2v) is 8.62. The fraction of sp³-hybridized carbons (Fsp3) is 0.148. The zero-order valence-electron chi connectivity index (χ0n) is 20.6. The van der Waals surface area contributed by atoms with Crippen molar-refractivity contribution in [1.29, 1.82) is 0 Å². The molecule has 0 aliphatic carbocycles. The number of allylic oxidation sites excluding steroid dienone is 1. The summed E-state index contributed by atoms with van der Waals surface area (Å²) >= 11 is 0. The SMILES string of the molecule is COc1cc(C2C(C(N)=O)=C(C)Nc3nc(-c4ccc([N+](=O)[O-])cc4)nn32)ccc1OCc1ccccc1. The van der Waals surface area contributed by atoms with Gasteiger partial charge in [-0.05, 0) is 42.3 Å². The first-order valence-electron chi connectivity index (χ1n) is 11.7. The number of aromatic nitrogens is 3. The highest BCUT2D eigenvalue weighted by molar-refractivity contribution is 5.95. The third kappa shape index (κ3) is 4.64. The van der Waals surface area contributed by atoms with Gasteiger partial charge in [-0.3, -0.25) is 14.9 Å². The summed E-state index contributed by atoms with van der Waals surface area (Å²) in [4.78, 5) is 27.7. The number of methoxy groups -OCH3 is 1. The minimum atomic E-state index is -0.694. The van der Waals surface area contributed by atoms with Crippen molar-refractivity contribution >= 4 is 17.5 Å². The molecule has 1 atom stereocenters. The summed E-state index contributed by atoms with van der Waals surface area (Å²) < 4.78 is 13.2. The number of nitro groups is 1. The van der Waals surface area contributed by atoms with Gasteiger partial charge in [0.15, 0.2) is 17.3 Å². The van der Waals surface area contributed by atoms with E-state index in [0.29, 0.717) is 52.3 Å². The third-order valence-corrected chi connectivity index (χ3v) is 6.19. The number of ether oxygens (including phenoxy) is 2. The molecule has 0 saturated heterocycles. The van der Waals surface area contributed by atoms with E-state index in [9.17, 15) is 14.9 Å². The van der Waals surface area contributed by atoms with Crippen LogP contribution in [-0.2, 0) is 11.4 Å². The zero-order chi connectivity index (χ0) is 26.8. The van der Waals surface area contributed by atoms with Gasteiger partial charge >= 0.3 is 0 Å². The number of hydrogen-bond donors (Lipinski definition) is 2. The van der Waals surface area contributed by atoms with Crippen molar-refractivity contribution in [3.8, 4) is 22.9 Å². The van der Waals surface area contributed by atoms with E-state index in [4.69, 9.17) is 15.2 Å². The van der Waals surface area contributed by atoms with Crippen LogP contribution in [0.2, 0.25) is 0 Å². The topological polar surface area (TPSA) is 147 Å². The molecule has 1 aliphatic rings. The number of nitrogens with two attached hydrogens (primary N) is 1. The lowest BCUT2D eigenvalue weighted by Crippen LogP contribution is -2.31. The number of nitrogens with zero attached hydrogens (tertiary/aromatic N) is 4. The van der Waals surface area contributed by atoms with E-state index in [2.05, 4.69) is 15.4 Å². The molecule has 2 heterocycles. The van der Waals surface area contributed by atoms with Gasteiger partial charge in [0, 0.05) is 23.4 Å². The van der Waals surface area contributed by atoms with Gasteiger partial charge in [-0.25, -0.2) is 4.68 Å². The van der Waals surface area contributed by atoms with Gasteiger partial charge < -0.3 is 20.5 Å². The van der Waals surface area contributed by atoms with Crippen molar-refractivity contribution in [1.82, 2.24) is 14.8 Å². The average Bonchev–Trinajstić information content (AvgIpc) is 3.35. The van der Waals surface area contributed by atoms with Crippen molar-refractivity contribution < 1.29 is 19.2 Å². The van der Waals surface area contributed by atoms with Crippen LogP contribution >= 0.6 is 0 Å². The monoisotopic (exact) mass is 512 g/mol. The molecule has 38 heavy (non-hydrogen) atoms. The van der Waals surface area contributed by atoms with Crippen molar-refractivity contribution in [2.45, 2.75) is 19.6 Å². The maximum Gasteiger partial charge on any atom is 0.269 e. The number of anilines is 1. The van der Waals surface area contributed by atoms with Crippen LogP contribution in [0.1, 0.15) is 24.1 Å². The van der Waals surface area contributed by atoms with Crippen LogP contribution in [-0.4, -0.2) is 32.7 Å². The molecule has 0 radical (unpaired) electrons. The van der Waals surface area contributed by atoms with E-state index in [0.717, 1.165) is 5.56 Å². The van der Waals surface area contributed by atoms with Crippen molar-refractivity contribution in [3.63, 3.8) is 0 Å². The summed E-state index contributed by atoms with van der Waals surface area (Å²) in [7, 11) is 1.54. The smallest absolute Gasteiger partial charge is 0.269 e. The van der Waals surface area contributed by atoms with Crippen LogP contribution in [0, 0.1) is 10.1 Å². The third-order valence-electron chi connectivity index (χ3n) is 6.19. The summed E-state index contributed by atoms with van der Waals surface area (Å²) in [5.74, 6) is 1.15. The zero-order valence-corrected chi connectivity index (χ0v) is 20.6. The Labute approximate surface area is 217 Å². The lowest BCUT2D eigenvalue weighted by molar-refractivity contribution is -0.384. The molecule has 0 saturated carbocycles. The first kappa shape index (κ1) is 24.5. The number of primary amides is 1. The Morgan fingerprint density at radius 2 is 1.84 bits per heavy atom. The number of non-ortho nitro benzene ring substituents is 1. The average molecular weight is 513 g/mol. The first-order chi connectivity index (χ1) is 18.4. The largest absolute Gasteiger partial charge is 0.493 e. The number of fused-ring (bicyclic) bond motifs is 1. The maximum atomic E-state index is 12.6. The Morgan fingerprint density at radius 1 is 1.11 bits per heavy atom. The first-order valence-corrected chi connectivity index (χ1v) is 11.7. The summed E-state index contributed by atoms with van der Waals surface area (Å²) in [6, 6.07) is 20.4. The Bertz CT molecular complexity index is 1550. The van der Waals surface area contributed by atoms with Gasteiger partial charge in [-0.1, -0.05) is 36.4 Å². The predicted molar refractivity (Wildman–Crippen MR) is 140 cm³/mol. The Hall–Kier alpha value is -5.19. The summed E-state index contributed by atoms with van der Waals surface area (Å²) in [5, 5.41) is 18.8. The highest BCUT2D eigenvalue weighted by Crippen LogP contribution is 2.39. The van der Waals surface area contributed by atoms with E-state index in [1.165, 1.54) is 12.1 Å². The molecule has 1 amide bonds. The number of hydrogen-bond acceptors (Lipinski definition) is 8. The molecule has 1 aliphatic heterocycles. The van der Waals surface area contributed by atoms with Crippen LogP contribution in [0.25, 0.3) is 11.4 Å². The molecule has 11 heteroatoms. The fourth-order valence-corrected chi connectivity index (χ4v) is 4.34. The van der Waals surface area contributed by atoms with Crippen molar-refractivity contribution in [3.05, 3.63) is 105 Å². The molecule has 3 N–H and O–H groups in total. The van der Waals surface area contributed by atoms with Gasteiger partial charge in [-0.15, -0.1) is 5.10 Å². The Balaban J connectivity index is 1.52. The number of nitrogens with one attached hydrogen (secondary N) is 1.